The molecule has 1 N–H and O–H groups in total. The van der Waals surface area contributed by atoms with E-state index in [0.29, 0.717) is 0 Å². The van der Waals surface area contributed by atoms with Crippen molar-refractivity contribution >= 4 is 16.8 Å². The topological polar surface area (TPSA) is 59.8 Å². The van der Waals surface area contributed by atoms with E-state index in [0.717, 1.165) is 10.9 Å². The monoisotopic (exact) mass is 171 g/mol. The zero-order valence-corrected chi connectivity index (χ0v) is 6.82. The number of fused-ring (bicyclic) bond motifs is 1. The van der Waals surface area contributed by atoms with E-state index in [1.807, 2.05) is 24.3 Å². The maximum Gasteiger partial charge on any atom is 0.0738 e. The molecule has 3 nitrogen and oxygen atoms in total. The lowest BCUT2D eigenvalue weighted by Crippen LogP contribution is -2.18. The van der Waals surface area contributed by atoms with Crippen molar-refractivity contribution in [3.8, 4) is 0 Å². The zero-order valence-electron chi connectivity index (χ0n) is 6.82. The van der Waals surface area contributed by atoms with Crippen molar-refractivity contribution in [2.45, 2.75) is 0 Å². The number of rotatable bonds is 1. The minimum absolute atomic E-state index is 0.193. The molecule has 0 unspecified atom stereocenters. The number of aromatic nitrogens is 1. The van der Waals surface area contributed by atoms with E-state index in [9.17, 15) is 5.11 Å². The maximum atomic E-state index is 10.7. The van der Waals surface area contributed by atoms with Gasteiger partial charge >= 0.3 is 0 Å². The molecule has 0 saturated carbocycles. The highest BCUT2D eigenvalue weighted by Crippen LogP contribution is 2.10. The largest absolute Gasteiger partial charge is 0.858 e. The predicted octanol–water partition coefficient (Wildman–Crippen LogP) is 0.920. The lowest BCUT2D eigenvalue weighted by molar-refractivity contribution is -0.214. The zero-order chi connectivity index (χ0) is 9.26. The summed E-state index contributed by atoms with van der Waals surface area (Å²) in [7, 11) is 0. The highest BCUT2D eigenvalue weighted by molar-refractivity contribution is 5.89. The Morgan fingerprint density at radius 2 is 1.92 bits per heavy atom. The minimum Gasteiger partial charge on any atom is -0.858 e. The Balaban J connectivity index is 2.69. The fraction of sp³-hybridized carbons (Fsp3) is 0. The second-order valence-corrected chi connectivity index (χ2v) is 2.72. The van der Waals surface area contributed by atoms with Crippen LogP contribution in [0.5, 0.6) is 0 Å². The molecule has 2 rings (SSSR count). The van der Waals surface area contributed by atoms with Gasteiger partial charge in [-0.05, 0) is 12.1 Å². The van der Waals surface area contributed by atoms with Crippen molar-refractivity contribution in [2.24, 2.45) is 0 Å². The van der Waals surface area contributed by atoms with Crippen LogP contribution in [0, 0.1) is 5.41 Å². The Labute approximate surface area is 75.2 Å². The number of hydrogen-bond donors (Lipinski definition) is 1. The third-order valence-corrected chi connectivity index (χ3v) is 1.83. The molecule has 0 saturated heterocycles. The summed E-state index contributed by atoms with van der Waals surface area (Å²) in [6.45, 7) is 0. The van der Waals surface area contributed by atoms with Crippen LogP contribution in [-0.4, -0.2) is 10.9 Å². The summed E-state index contributed by atoms with van der Waals surface area (Å²) in [5, 5.41) is 18.6. The molecule has 0 amide bonds. The molecule has 13 heavy (non-hydrogen) atoms. The summed E-state index contributed by atoms with van der Waals surface area (Å²) in [6.07, 6.45) is 0. The van der Waals surface area contributed by atoms with Gasteiger partial charge in [0.15, 0.2) is 0 Å². The highest BCUT2D eigenvalue weighted by atomic mass is 16.3. The number of pyridine rings is 1. The number of nitrogens with one attached hydrogen (secondary N) is 1. The lowest BCUT2D eigenvalue weighted by atomic mass is 10.2. The molecule has 0 atom stereocenters. The van der Waals surface area contributed by atoms with Crippen LogP contribution in [0.3, 0.4) is 0 Å². The first-order valence-electron chi connectivity index (χ1n) is 3.89. The van der Waals surface area contributed by atoms with Crippen LogP contribution in [0.4, 0.5) is 0 Å². The fourth-order valence-corrected chi connectivity index (χ4v) is 1.19. The van der Waals surface area contributed by atoms with Gasteiger partial charge in [0.1, 0.15) is 0 Å². The molecule has 0 aliphatic rings. The summed E-state index contributed by atoms with van der Waals surface area (Å²) in [5.74, 6) is -0.745. The van der Waals surface area contributed by atoms with Gasteiger partial charge < -0.3 is 10.5 Å². The third kappa shape index (κ3) is 1.36. The van der Waals surface area contributed by atoms with Gasteiger partial charge in [-0.1, -0.05) is 24.3 Å². The summed E-state index contributed by atoms with van der Waals surface area (Å²) in [6, 6.07) is 10.9. The predicted molar refractivity (Wildman–Crippen MR) is 48.6 cm³/mol. The van der Waals surface area contributed by atoms with Crippen molar-refractivity contribution in [1.29, 1.82) is 5.41 Å². The van der Waals surface area contributed by atoms with Crippen LogP contribution < -0.4 is 5.11 Å². The fourth-order valence-electron chi connectivity index (χ4n) is 1.19. The standard InChI is InChI=1S/C10H8N2O/c11-10(13)9-6-5-7-3-1-2-4-8(7)12-9/h1-6H,(H2,11,13)/p-1. The Morgan fingerprint density at radius 1 is 1.15 bits per heavy atom. The molecule has 0 aliphatic carbocycles. The molecule has 0 spiro atoms. The van der Waals surface area contributed by atoms with E-state index in [2.05, 4.69) is 4.98 Å². The summed E-state index contributed by atoms with van der Waals surface area (Å²) < 4.78 is 0. The Bertz CT molecular complexity index is 465. The van der Waals surface area contributed by atoms with Crippen LogP contribution in [0.1, 0.15) is 5.69 Å². The molecule has 0 fully saturated rings. The minimum atomic E-state index is -0.745. The van der Waals surface area contributed by atoms with E-state index in [-0.39, 0.29) is 5.69 Å². The van der Waals surface area contributed by atoms with Crippen LogP contribution >= 0.6 is 0 Å². The van der Waals surface area contributed by atoms with Crippen LogP contribution in [0.2, 0.25) is 0 Å². The molecule has 1 aromatic heterocycles. The van der Waals surface area contributed by atoms with E-state index in [4.69, 9.17) is 5.41 Å². The average molecular weight is 171 g/mol. The van der Waals surface area contributed by atoms with Gasteiger partial charge in [0, 0.05) is 11.3 Å². The van der Waals surface area contributed by atoms with Gasteiger partial charge in [0.05, 0.1) is 11.2 Å². The average Bonchev–Trinajstić information content (AvgIpc) is 2.17. The maximum absolute atomic E-state index is 10.7. The van der Waals surface area contributed by atoms with Gasteiger partial charge in [-0.15, -0.1) is 0 Å². The van der Waals surface area contributed by atoms with Gasteiger partial charge in [0.25, 0.3) is 0 Å². The quantitative estimate of drug-likeness (QED) is 0.512. The second kappa shape index (κ2) is 2.86. The van der Waals surface area contributed by atoms with Gasteiger partial charge in [-0.25, -0.2) is 4.98 Å². The summed E-state index contributed by atoms with van der Waals surface area (Å²) in [5.41, 5.74) is 0.944. The van der Waals surface area contributed by atoms with Crippen molar-refractivity contribution in [2.75, 3.05) is 0 Å². The molecule has 64 valence electrons. The molecule has 0 radical (unpaired) electrons. The van der Waals surface area contributed by atoms with E-state index in [1.165, 1.54) is 0 Å². The Kier molecular flexibility index (Phi) is 1.70. The lowest BCUT2D eigenvalue weighted by Gasteiger charge is -2.06. The third-order valence-electron chi connectivity index (χ3n) is 1.83. The van der Waals surface area contributed by atoms with Gasteiger partial charge in [0.2, 0.25) is 0 Å². The van der Waals surface area contributed by atoms with Crippen LogP contribution in [0.25, 0.3) is 10.9 Å². The summed E-state index contributed by atoms with van der Waals surface area (Å²) in [4.78, 5) is 4.04. The van der Waals surface area contributed by atoms with Crippen molar-refractivity contribution < 1.29 is 5.11 Å². The molecule has 0 bridgehead atoms. The SMILES string of the molecule is N=C([O-])c1ccc2ccccc2n1. The van der Waals surface area contributed by atoms with Gasteiger partial charge in [-0.3, -0.25) is 0 Å². The molecular weight excluding hydrogens is 164 g/mol. The van der Waals surface area contributed by atoms with Crippen LogP contribution in [0.15, 0.2) is 36.4 Å². The summed E-state index contributed by atoms with van der Waals surface area (Å²) >= 11 is 0. The normalized spacial score (nSPS) is 10.2. The first kappa shape index (κ1) is 7.73. The Morgan fingerprint density at radius 3 is 2.69 bits per heavy atom. The Hall–Kier alpha value is -1.90. The van der Waals surface area contributed by atoms with Gasteiger partial charge in [-0.2, -0.15) is 0 Å². The van der Waals surface area contributed by atoms with Crippen molar-refractivity contribution in [1.82, 2.24) is 4.98 Å². The number of hydrogen-bond acceptors (Lipinski definition) is 3. The second-order valence-electron chi connectivity index (χ2n) is 2.72. The molecule has 3 heteroatoms. The van der Waals surface area contributed by atoms with E-state index >= 15 is 0 Å². The molecule has 1 heterocycles. The van der Waals surface area contributed by atoms with Crippen LogP contribution in [-0.2, 0) is 0 Å². The van der Waals surface area contributed by atoms with E-state index in [1.54, 1.807) is 12.1 Å². The van der Waals surface area contributed by atoms with E-state index < -0.39 is 5.90 Å². The molecule has 0 aliphatic heterocycles. The number of para-hydroxylation sites is 1. The van der Waals surface area contributed by atoms with Crippen molar-refractivity contribution in [3.63, 3.8) is 0 Å². The van der Waals surface area contributed by atoms with Crippen molar-refractivity contribution in [3.05, 3.63) is 42.1 Å². The smallest absolute Gasteiger partial charge is 0.0738 e. The first-order valence-corrected chi connectivity index (χ1v) is 3.89. The highest BCUT2D eigenvalue weighted by Gasteiger charge is 1.95. The number of benzene rings is 1. The first-order chi connectivity index (χ1) is 6.27. The molecule has 2 aromatic rings. The molecule has 1 aromatic carbocycles. The molecular formula is C10H7N2O-. The number of nitrogens with zero attached hydrogens (tertiary/aromatic N) is 1.